The first-order chi connectivity index (χ1) is 4.30. The van der Waals surface area contributed by atoms with E-state index in [-0.39, 0.29) is 12.0 Å². The molecule has 0 radical (unpaired) electrons. The predicted molar refractivity (Wildman–Crippen MR) is 32.8 cm³/mol. The Labute approximate surface area is 54.2 Å². The lowest BCUT2D eigenvalue weighted by Crippen LogP contribution is -2.30. The van der Waals surface area contributed by atoms with Gasteiger partial charge in [-0.15, -0.1) is 0 Å². The Morgan fingerprint density at radius 3 is 3.11 bits per heavy atom. The van der Waals surface area contributed by atoms with E-state index in [1.165, 1.54) is 0 Å². The summed E-state index contributed by atoms with van der Waals surface area (Å²) in [6, 6.07) is -0.368. The fourth-order valence-corrected chi connectivity index (χ4v) is 0.864. The summed E-state index contributed by atoms with van der Waals surface area (Å²) < 4.78 is 4.75. The molecule has 0 bridgehead atoms. The quantitative estimate of drug-likeness (QED) is 0.470. The largest absolute Gasteiger partial charge is 0.465 e. The second kappa shape index (κ2) is 2.82. The number of hydrogen-bond acceptors (Lipinski definition) is 3. The second-order valence-electron chi connectivity index (χ2n) is 2.27. The Bertz CT molecular complexity index is 114. The van der Waals surface area contributed by atoms with Gasteiger partial charge in [-0.1, -0.05) is 0 Å². The van der Waals surface area contributed by atoms with Crippen molar-refractivity contribution in [3.05, 3.63) is 0 Å². The van der Waals surface area contributed by atoms with Gasteiger partial charge < -0.3 is 10.5 Å². The monoisotopic (exact) mass is 129 g/mol. The van der Waals surface area contributed by atoms with E-state index < -0.39 is 0 Å². The molecule has 0 unspecified atom stereocenters. The zero-order valence-electron chi connectivity index (χ0n) is 5.30. The van der Waals surface area contributed by atoms with Crippen LogP contribution in [-0.4, -0.2) is 18.6 Å². The molecule has 3 heteroatoms. The summed E-state index contributed by atoms with van der Waals surface area (Å²) in [5.41, 5.74) is 5.40. The minimum Gasteiger partial charge on any atom is -0.465 e. The molecule has 0 saturated carbocycles. The summed E-state index contributed by atoms with van der Waals surface area (Å²) in [6.45, 7) is 0.548. The van der Waals surface area contributed by atoms with Crippen LogP contribution in [0.4, 0.5) is 0 Å². The van der Waals surface area contributed by atoms with Gasteiger partial charge in [0.25, 0.3) is 0 Å². The lowest BCUT2D eigenvalue weighted by atomic mass is 10.1. The van der Waals surface area contributed by atoms with Crippen molar-refractivity contribution in [2.45, 2.75) is 25.3 Å². The molecular formula is C6H11NO2. The van der Waals surface area contributed by atoms with Crippen LogP contribution < -0.4 is 5.73 Å². The number of carbonyl (C=O) groups excluding carboxylic acids is 1. The maximum atomic E-state index is 10.7. The first-order valence-corrected chi connectivity index (χ1v) is 3.23. The molecule has 1 fully saturated rings. The fraction of sp³-hybridized carbons (Fsp3) is 0.833. The lowest BCUT2D eigenvalue weighted by Gasteiger charge is -2.02. The van der Waals surface area contributed by atoms with Gasteiger partial charge in [-0.05, 0) is 19.3 Å². The molecule has 0 amide bonds. The molecule has 0 aromatic rings. The van der Waals surface area contributed by atoms with Crippen LogP contribution in [0.5, 0.6) is 0 Å². The lowest BCUT2D eigenvalue weighted by molar-refractivity contribution is -0.144. The van der Waals surface area contributed by atoms with Crippen LogP contribution in [0.1, 0.15) is 19.3 Å². The van der Waals surface area contributed by atoms with E-state index in [9.17, 15) is 4.79 Å². The zero-order chi connectivity index (χ0) is 6.69. The molecule has 0 aliphatic carbocycles. The summed E-state index contributed by atoms with van der Waals surface area (Å²) in [6.07, 6.45) is 2.74. The Morgan fingerprint density at radius 2 is 2.33 bits per heavy atom. The van der Waals surface area contributed by atoms with Crippen molar-refractivity contribution in [1.82, 2.24) is 0 Å². The number of esters is 1. The molecular weight excluding hydrogens is 118 g/mol. The number of cyclic esters (lactones) is 1. The van der Waals surface area contributed by atoms with E-state index in [0.717, 1.165) is 19.3 Å². The first-order valence-electron chi connectivity index (χ1n) is 3.23. The van der Waals surface area contributed by atoms with E-state index in [1.807, 2.05) is 0 Å². The van der Waals surface area contributed by atoms with Gasteiger partial charge in [0.2, 0.25) is 0 Å². The first kappa shape index (κ1) is 6.55. The van der Waals surface area contributed by atoms with Gasteiger partial charge in [0.05, 0.1) is 6.61 Å². The normalized spacial score (nSPS) is 29.0. The highest BCUT2D eigenvalue weighted by Crippen LogP contribution is 2.05. The SMILES string of the molecule is N[C@H]1CCCCOC1=O. The maximum absolute atomic E-state index is 10.7. The summed E-state index contributed by atoms with van der Waals surface area (Å²) in [7, 11) is 0. The third-order valence-electron chi connectivity index (χ3n) is 1.46. The Balaban J connectivity index is 2.41. The molecule has 3 nitrogen and oxygen atoms in total. The number of nitrogens with two attached hydrogens (primary N) is 1. The molecule has 0 spiro atoms. The Hall–Kier alpha value is -0.570. The number of carbonyl (C=O) groups is 1. The topological polar surface area (TPSA) is 52.3 Å². The molecule has 1 saturated heterocycles. The zero-order valence-corrected chi connectivity index (χ0v) is 5.30. The Morgan fingerprint density at radius 1 is 1.56 bits per heavy atom. The van der Waals surface area contributed by atoms with Crippen LogP contribution in [0, 0.1) is 0 Å². The van der Waals surface area contributed by atoms with Gasteiger partial charge in [-0.25, -0.2) is 0 Å². The second-order valence-corrected chi connectivity index (χ2v) is 2.27. The molecule has 0 aromatic heterocycles. The molecule has 1 atom stereocenters. The van der Waals surface area contributed by atoms with Crippen molar-refractivity contribution in [1.29, 1.82) is 0 Å². The molecule has 9 heavy (non-hydrogen) atoms. The predicted octanol–water partition coefficient (Wildman–Crippen LogP) is 0.0408. The highest BCUT2D eigenvalue weighted by atomic mass is 16.5. The molecule has 1 aliphatic rings. The average molecular weight is 129 g/mol. The van der Waals surface area contributed by atoms with Crippen LogP contribution in [0.25, 0.3) is 0 Å². The third kappa shape index (κ3) is 1.68. The third-order valence-corrected chi connectivity index (χ3v) is 1.46. The summed E-state index contributed by atoms with van der Waals surface area (Å²) in [5, 5.41) is 0. The van der Waals surface area contributed by atoms with Crippen molar-refractivity contribution >= 4 is 5.97 Å². The molecule has 0 aromatic carbocycles. The number of rotatable bonds is 0. The summed E-state index contributed by atoms with van der Waals surface area (Å²) in [4.78, 5) is 10.7. The number of ether oxygens (including phenoxy) is 1. The van der Waals surface area contributed by atoms with Gasteiger partial charge in [0, 0.05) is 0 Å². The highest BCUT2D eigenvalue weighted by Gasteiger charge is 2.16. The minimum absolute atomic E-state index is 0.243. The van der Waals surface area contributed by atoms with E-state index in [1.54, 1.807) is 0 Å². The molecule has 1 heterocycles. The van der Waals surface area contributed by atoms with Crippen molar-refractivity contribution < 1.29 is 9.53 Å². The van der Waals surface area contributed by atoms with Gasteiger partial charge in [0.15, 0.2) is 0 Å². The molecule has 1 aliphatic heterocycles. The van der Waals surface area contributed by atoms with Crippen LogP contribution >= 0.6 is 0 Å². The van der Waals surface area contributed by atoms with Crippen LogP contribution in [0.15, 0.2) is 0 Å². The van der Waals surface area contributed by atoms with E-state index >= 15 is 0 Å². The molecule has 52 valence electrons. The van der Waals surface area contributed by atoms with Crippen molar-refractivity contribution in [3.63, 3.8) is 0 Å². The van der Waals surface area contributed by atoms with Gasteiger partial charge in [-0.2, -0.15) is 0 Å². The average Bonchev–Trinajstić information content (AvgIpc) is 1.99. The van der Waals surface area contributed by atoms with Crippen molar-refractivity contribution in [3.8, 4) is 0 Å². The van der Waals surface area contributed by atoms with Crippen LogP contribution in [0.2, 0.25) is 0 Å². The Kier molecular flexibility index (Phi) is 2.05. The van der Waals surface area contributed by atoms with Crippen LogP contribution in [0.3, 0.4) is 0 Å². The maximum Gasteiger partial charge on any atom is 0.322 e. The molecule has 1 rings (SSSR count). The van der Waals surface area contributed by atoms with Gasteiger partial charge >= 0.3 is 5.97 Å². The van der Waals surface area contributed by atoms with E-state index in [4.69, 9.17) is 10.5 Å². The standard InChI is InChI=1S/C6H11NO2/c7-5-3-1-2-4-9-6(5)8/h5H,1-4,7H2/t5-/m0/s1. The van der Waals surface area contributed by atoms with E-state index in [0.29, 0.717) is 6.61 Å². The smallest absolute Gasteiger partial charge is 0.322 e. The number of hydrogen-bond donors (Lipinski definition) is 1. The van der Waals surface area contributed by atoms with Crippen molar-refractivity contribution in [2.24, 2.45) is 5.73 Å². The minimum atomic E-state index is -0.368. The highest BCUT2D eigenvalue weighted by molar-refractivity contribution is 5.75. The summed E-state index contributed by atoms with van der Waals surface area (Å²) in [5.74, 6) is -0.243. The van der Waals surface area contributed by atoms with Gasteiger partial charge in [0.1, 0.15) is 6.04 Å². The van der Waals surface area contributed by atoms with Crippen molar-refractivity contribution in [2.75, 3.05) is 6.61 Å². The fourth-order valence-electron chi connectivity index (χ4n) is 0.864. The van der Waals surface area contributed by atoms with E-state index in [2.05, 4.69) is 0 Å². The summed E-state index contributed by atoms with van der Waals surface area (Å²) >= 11 is 0. The molecule has 2 N–H and O–H groups in total. The van der Waals surface area contributed by atoms with Crippen LogP contribution in [-0.2, 0) is 9.53 Å². The van der Waals surface area contributed by atoms with Gasteiger partial charge in [-0.3, -0.25) is 4.79 Å².